The molecule has 100 valence electrons. The molecule has 1 aliphatic carbocycles. The largest absolute Gasteiger partial charge is 0.354 e. The SMILES string of the molecule is CCCN(c1cc(C)ccn1)C1CCC(N)CC1. The van der Waals surface area contributed by atoms with Gasteiger partial charge >= 0.3 is 0 Å². The number of aromatic nitrogens is 1. The van der Waals surface area contributed by atoms with Crippen molar-refractivity contribution in [2.75, 3.05) is 11.4 Å². The highest BCUT2D eigenvalue weighted by Gasteiger charge is 2.24. The highest BCUT2D eigenvalue weighted by molar-refractivity contribution is 5.42. The van der Waals surface area contributed by atoms with Gasteiger partial charge in [0.25, 0.3) is 0 Å². The van der Waals surface area contributed by atoms with E-state index < -0.39 is 0 Å². The minimum atomic E-state index is 0.412. The van der Waals surface area contributed by atoms with Crippen molar-refractivity contribution in [1.29, 1.82) is 0 Å². The zero-order chi connectivity index (χ0) is 13.0. The lowest BCUT2D eigenvalue weighted by Gasteiger charge is -2.37. The molecule has 0 spiro atoms. The van der Waals surface area contributed by atoms with Crippen LogP contribution < -0.4 is 10.6 Å². The number of rotatable bonds is 4. The second-order valence-corrected chi connectivity index (χ2v) is 5.45. The van der Waals surface area contributed by atoms with Gasteiger partial charge in [-0.3, -0.25) is 0 Å². The van der Waals surface area contributed by atoms with E-state index in [-0.39, 0.29) is 0 Å². The number of nitrogens with two attached hydrogens (primary N) is 1. The van der Waals surface area contributed by atoms with Crippen LogP contribution >= 0.6 is 0 Å². The molecule has 3 nitrogen and oxygen atoms in total. The van der Waals surface area contributed by atoms with Crippen molar-refractivity contribution in [3.05, 3.63) is 23.9 Å². The molecule has 2 rings (SSSR count). The summed E-state index contributed by atoms with van der Waals surface area (Å²) in [7, 11) is 0. The van der Waals surface area contributed by atoms with Crippen LogP contribution in [-0.2, 0) is 0 Å². The molecule has 2 N–H and O–H groups in total. The van der Waals surface area contributed by atoms with Crippen LogP contribution in [0.3, 0.4) is 0 Å². The summed E-state index contributed by atoms with van der Waals surface area (Å²) in [5.41, 5.74) is 7.29. The minimum Gasteiger partial charge on any atom is -0.354 e. The van der Waals surface area contributed by atoms with Gasteiger partial charge in [0.15, 0.2) is 0 Å². The van der Waals surface area contributed by atoms with E-state index in [0.717, 1.165) is 31.6 Å². The number of nitrogens with zero attached hydrogens (tertiary/aromatic N) is 2. The van der Waals surface area contributed by atoms with Crippen molar-refractivity contribution in [1.82, 2.24) is 4.98 Å². The van der Waals surface area contributed by atoms with E-state index in [1.165, 1.54) is 18.4 Å². The Kier molecular flexibility index (Phi) is 4.59. The Labute approximate surface area is 110 Å². The van der Waals surface area contributed by atoms with Crippen LogP contribution in [0.15, 0.2) is 18.3 Å². The molecule has 0 aromatic carbocycles. The summed E-state index contributed by atoms with van der Waals surface area (Å²) in [6.45, 7) is 5.46. The first-order chi connectivity index (χ1) is 8.70. The van der Waals surface area contributed by atoms with Gasteiger partial charge in [-0.15, -0.1) is 0 Å². The van der Waals surface area contributed by atoms with Crippen LogP contribution in [0.5, 0.6) is 0 Å². The molecule has 1 heterocycles. The van der Waals surface area contributed by atoms with Gasteiger partial charge in [-0.25, -0.2) is 4.98 Å². The lowest BCUT2D eigenvalue weighted by atomic mass is 9.90. The summed E-state index contributed by atoms with van der Waals surface area (Å²) in [6.07, 6.45) is 7.79. The zero-order valence-electron chi connectivity index (χ0n) is 11.6. The fraction of sp³-hybridized carbons (Fsp3) is 0.667. The second kappa shape index (κ2) is 6.19. The van der Waals surface area contributed by atoms with E-state index >= 15 is 0 Å². The van der Waals surface area contributed by atoms with Gasteiger partial charge in [0.1, 0.15) is 5.82 Å². The van der Waals surface area contributed by atoms with Crippen molar-refractivity contribution in [2.24, 2.45) is 5.73 Å². The Morgan fingerprint density at radius 2 is 2.06 bits per heavy atom. The molecule has 0 unspecified atom stereocenters. The maximum absolute atomic E-state index is 6.00. The summed E-state index contributed by atoms with van der Waals surface area (Å²) in [5, 5.41) is 0. The molecule has 1 aliphatic rings. The monoisotopic (exact) mass is 247 g/mol. The van der Waals surface area contributed by atoms with E-state index in [1.807, 2.05) is 6.20 Å². The standard InChI is InChI=1S/C15H25N3/c1-3-10-18(14-6-4-13(16)5-7-14)15-11-12(2)8-9-17-15/h8-9,11,13-14H,3-7,10,16H2,1-2H3. The van der Waals surface area contributed by atoms with E-state index in [9.17, 15) is 0 Å². The normalized spacial score (nSPS) is 23.9. The second-order valence-electron chi connectivity index (χ2n) is 5.45. The van der Waals surface area contributed by atoms with Crippen LogP contribution in [0.2, 0.25) is 0 Å². The van der Waals surface area contributed by atoms with E-state index in [4.69, 9.17) is 5.73 Å². The van der Waals surface area contributed by atoms with Gasteiger partial charge in [0.05, 0.1) is 0 Å². The predicted octanol–water partition coefficient (Wildman–Crippen LogP) is 2.88. The van der Waals surface area contributed by atoms with Crippen LogP contribution in [-0.4, -0.2) is 23.6 Å². The summed E-state index contributed by atoms with van der Waals surface area (Å²) in [6, 6.07) is 5.29. The molecule has 1 aromatic rings. The molecular formula is C15H25N3. The van der Waals surface area contributed by atoms with Gasteiger partial charge in [-0.05, 0) is 56.7 Å². The third-order valence-corrected chi connectivity index (χ3v) is 3.84. The molecule has 0 amide bonds. The van der Waals surface area contributed by atoms with Crippen LogP contribution in [0.25, 0.3) is 0 Å². The van der Waals surface area contributed by atoms with Crippen molar-refractivity contribution in [3.8, 4) is 0 Å². The minimum absolute atomic E-state index is 0.412. The average molecular weight is 247 g/mol. The molecule has 1 fully saturated rings. The highest BCUT2D eigenvalue weighted by Crippen LogP contribution is 2.26. The molecule has 1 aromatic heterocycles. The summed E-state index contributed by atoms with van der Waals surface area (Å²) >= 11 is 0. The Balaban J connectivity index is 2.12. The number of anilines is 1. The number of hydrogen-bond donors (Lipinski definition) is 1. The maximum atomic E-state index is 6.00. The van der Waals surface area contributed by atoms with Gasteiger partial charge < -0.3 is 10.6 Å². The lowest BCUT2D eigenvalue weighted by molar-refractivity contribution is 0.374. The van der Waals surface area contributed by atoms with Crippen LogP contribution in [0.1, 0.15) is 44.6 Å². The molecular weight excluding hydrogens is 222 g/mol. The fourth-order valence-electron chi connectivity index (χ4n) is 2.82. The summed E-state index contributed by atoms with van der Waals surface area (Å²) < 4.78 is 0. The quantitative estimate of drug-likeness (QED) is 0.889. The Bertz CT molecular complexity index is 370. The topological polar surface area (TPSA) is 42.2 Å². The third kappa shape index (κ3) is 3.22. The van der Waals surface area contributed by atoms with Gasteiger partial charge in [0.2, 0.25) is 0 Å². The molecule has 0 radical (unpaired) electrons. The molecule has 0 aliphatic heterocycles. The maximum Gasteiger partial charge on any atom is 0.128 e. The first kappa shape index (κ1) is 13.3. The fourth-order valence-corrected chi connectivity index (χ4v) is 2.82. The Morgan fingerprint density at radius 3 is 2.67 bits per heavy atom. The van der Waals surface area contributed by atoms with Gasteiger partial charge in [-0.1, -0.05) is 6.92 Å². The van der Waals surface area contributed by atoms with Crippen LogP contribution in [0.4, 0.5) is 5.82 Å². The summed E-state index contributed by atoms with van der Waals surface area (Å²) in [5.74, 6) is 1.14. The smallest absolute Gasteiger partial charge is 0.128 e. The first-order valence-corrected chi connectivity index (χ1v) is 7.15. The van der Waals surface area contributed by atoms with Crippen molar-refractivity contribution in [2.45, 2.75) is 58.0 Å². The molecule has 0 atom stereocenters. The average Bonchev–Trinajstić information content (AvgIpc) is 2.37. The Hall–Kier alpha value is -1.09. The number of pyridine rings is 1. The van der Waals surface area contributed by atoms with E-state index in [0.29, 0.717) is 12.1 Å². The lowest BCUT2D eigenvalue weighted by Crippen LogP contribution is -2.41. The molecule has 3 heteroatoms. The van der Waals surface area contributed by atoms with E-state index in [1.54, 1.807) is 0 Å². The van der Waals surface area contributed by atoms with Crippen LogP contribution in [0, 0.1) is 6.92 Å². The Morgan fingerprint density at radius 1 is 1.33 bits per heavy atom. The predicted molar refractivity (Wildman–Crippen MR) is 76.8 cm³/mol. The van der Waals surface area contributed by atoms with Crippen molar-refractivity contribution < 1.29 is 0 Å². The zero-order valence-corrected chi connectivity index (χ0v) is 11.6. The molecule has 18 heavy (non-hydrogen) atoms. The first-order valence-electron chi connectivity index (χ1n) is 7.15. The highest BCUT2D eigenvalue weighted by atomic mass is 15.2. The van der Waals surface area contributed by atoms with Gasteiger partial charge in [-0.2, -0.15) is 0 Å². The number of aryl methyl sites for hydroxylation is 1. The molecule has 0 bridgehead atoms. The number of hydrogen-bond acceptors (Lipinski definition) is 3. The summed E-state index contributed by atoms with van der Waals surface area (Å²) in [4.78, 5) is 7.03. The molecule has 1 saturated carbocycles. The van der Waals surface area contributed by atoms with Gasteiger partial charge in [0, 0.05) is 24.8 Å². The van der Waals surface area contributed by atoms with Crippen molar-refractivity contribution >= 4 is 5.82 Å². The molecule has 0 saturated heterocycles. The third-order valence-electron chi connectivity index (χ3n) is 3.84. The van der Waals surface area contributed by atoms with E-state index in [2.05, 4.69) is 35.9 Å². The van der Waals surface area contributed by atoms with Crippen molar-refractivity contribution in [3.63, 3.8) is 0 Å².